The zero-order valence-corrected chi connectivity index (χ0v) is 14.6. The van der Waals surface area contributed by atoms with Gasteiger partial charge in [-0.25, -0.2) is 0 Å². The van der Waals surface area contributed by atoms with Gasteiger partial charge in [-0.15, -0.1) is 0 Å². The Morgan fingerprint density at radius 1 is 1.17 bits per heavy atom. The molecule has 2 aliphatic carbocycles. The quantitative estimate of drug-likeness (QED) is 0.798. The minimum Gasteiger partial charge on any atom is -0.495 e. The molecule has 0 saturated heterocycles. The fourth-order valence-electron chi connectivity index (χ4n) is 3.27. The van der Waals surface area contributed by atoms with Crippen LogP contribution in [0.15, 0.2) is 18.2 Å². The van der Waals surface area contributed by atoms with Crippen LogP contribution in [0.4, 0.5) is 5.69 Å². The van der Waals surface area contributed by atoms with Gasteiger partial charge in [-0.1, -0.05) is 30.9 Å². The molecule has 0 unspecified atom stereocenters. The summed E-state index contributed by atoms with van der Waals surface area (Å²) in [6.45, 7) is 0. The number of methoxy groups -OCH3 is 1. The Morgan fingerprint density at radius 3 is 2.50 bits per heavy atom. The predicted octanol–water partition coefficient (Wildman–Crippen LogP) is 3.52. The number of carbonyl (C=O) groups excluding carboxylic acids is 2. The van der Waals surface area contributed by atoms with Gasteiger partial charge in [0.15, 0.2) is 0 Å². The molecule has 24 heavy (non-hydrogen) atoms. The van der Waals surface area contributed by atoms with Gasteiger partial charge in [0.05, 0.1) is 12.8 Å². The van der Waals surface area contributed by atoms with Crippen LogP contribution in [-0.4, -0.2) is 25.0 Å². The zero-order chi connectivity index (χ0) is 17.2. The van der Waals surface area contributed by atoms with Crippen molar-refractivity contribution in [2.75, 3.05) is 12.4 Å². The third-order valence-electron chi connectivity index (χ3n) is 4.97. The van der Waals surface area contributed by atoms with Gasteiger partial charge < -0.3 is 15.4 Å². The number of halogens is 1. The Bertz CT molecular complexity index is 637. The Morgan fingerprint density at radius 2 is 1.88 bits per heavy atom. The lowest BCUT2D eigenvalue weighted by molar-refractivity contribution is -0.135. The standard InChI is InChI=1S/C18H23ClN2O3/c1-24-15-8-7-12(19)11-14(15)21-17(23)18(9-10-18)16(22)20-13-5-3-2-4-6-13/h7-8,11,13H,2-6,9-10H2,1H3,(H,20,22)(H,21,23). The van der Waals surface area contributed by atoms with Crippen LogP contribution in [0.25, 0.3) is 0 Å². The lowest BCUT2D eigenvalue weighted by Crippen LogP contribution is -2.45. The van der Waals surface area contributed by atoms with Gasteiger partial charge in [-0.2, -0.15) is 0 Å². The number of nitrogens with one attached hydrogen (secondary N) is 2. The second-order valence-corrected chi connectivity index (χ2v) is 7.13. The van der Waals surface area contributed by atoms with E-state index in [0.717, 1.165) is 25.7 Å². The molecule has 1 aromatic carbocycles. The van der Waals surface area contributed by atoms with E-state index >= 15 is 0 Å². The SMILES string of the molecule is COc1ccc(Cl)cc1NC(=O)C1(C(=O)NC2CCCCC2)CC1. The van der Waals surface area contributed by atoms with Crippen molar-refractivity contribution in [3.05, 3.63) is 23.2 Å². The number of hydrogen-bond acceptors (Lipinski definition) is 3. The third kappa shape index (κ3) is 3.51. The molecule has 3 rings (SSSR count). The summed E-state index contributed by atoms with van der Waals surface area (Å²) in [5, 5.41) is 6.39. The zero-order valence-electron chi connectivity index (χ0n) is 13.9. The van der Waals surface area contributed by atoms with Gasteiger partial charge in [0.25, 0.3) is 0 Å². The lowest BCUT2D eigenvalue weighted by atomic mass is 9.94. The van der Waals surface area contributed by atoms with Crippen LogP contribution in [0.5, 0.6) is 5.75 Å². The van der Waals surface area contributed by atoms with Crippen LogP contribution in [0, 0.1) is 5.41 Å². The predicted molar refractivity (Wildman–Crippen MR) is 93.3 cm³/mol. The summed E-state index contributed by atoms with van der Waals surface area (Å²) in [6, 6.07) is 5.23. The van der Waals surface area contributed by atoms with E-state index in [1.54, 1.807) is 18.2 Å². The monoisotopic (exact) mass is 350 g/mol. The topological polar surface area (TPSA) is 67.4 Å². The van der Waals surface area contributed by atoms with Crippen LogP contribution in [-0.2, 0) is 9.59 Å². The summed E-state index contributed by atoms with van der Waals surface area (Å²) in [7, 11) is 1.53. The average molecular weight is 351 g/mol. The van der Waals surface area contributed by atoms with E-state index in [1.807, 2.05) is 0 Å². The van der Waals surface area contributed by atoms with Gasteiger partial charge in [0, 0.05) is 11.1 Å². The summed E-state index contributed by atoms with van der Waals surface area (Å²) in [6.07, 6.45) is 6.69. The molecule has 2 saturated carbocycles. The molecule has 2 fully saturated rings. The molecule has 0 atom stereocenters. The first kappa shape index (κ1) is 17.1. The maximum atomic E-state index is 12.7. The van der Waals surface area contributed by atoms with E-state index in [-0.39, 0.29) is 17.9 Å². The highest BCUT2D eigenvalue weighted by Crippen LogP contribution is 2.47. The van der Waals surface area contributed by atoms with Crippen molar-refractivity contribution in [3.63, 3.8) is 0 Å². The molecule has 0 heterocycles. The molecule has 2 amide bonds. The number of amides is 2. The Balaban J connectivity index is 1.67. The number of hydrogen-bond donors (Lipinski definition) is 2. The van der Waals surface area contributed by atoms with Crippen molar-refractivity contribution in [1.82, 2.24) is 5.32 Å². The minimum atomic E-state index is -0.940. The van der Waals surface area contributed by atoms with Gasteiger partial charge >= 0.3 is 0 Å². The number of ether oxygens (including phenoxy) is 1. The first-order chi connectivity index (χ1) is 11.5. The van der Waals surface area contributed by atoms with Gasteiger partial charge in [0.1, 0.15) is 11.2 Å². The first-order valence-corrected chi connectivity index (χ1v) is 8.89. The molecular weight excluding hydrogens is 328 g/mol. The maximum absolute atomic E-state index is 12.7. The molecule has 0 aromatic heterocycles. The molecule has 0 aliphatic heterocycles. The number of anilines is 1. The summed E-state index contributed by atoms with van der Waals surface area (Å²) in [5.74, 6) is 0.0977. The van der Waals surface area contributed by atoms with E-state index in [1.165, 1.54) is 13.5 Å². The number of carbonyl (C=O) groups is 2. The van der Waals surface area contributed by atoms with E-state index in [4.69, 9.17) is 16.3 Å². The highest BCUT2D eigenvalue weighted by atomic mass is 35.5. The first-order valence-electron chi connectivity index (χ1n) is 8.51. The summed E-state index contributed by atoms with van der Waals surface area (Å²) in [5.41, 5.74) is -0.447. The van der Waals surface area contributed by atoms with Crippen LogP contribution in [0.3, 0.4) is 0 Å². The molecule has 0 spiro atoms. The van der Waals surface area contributed by atoms with E-state index < -0.39 is 5.41 Å². The second-order valence-electron chi connectivity index (χ2n) is 6.69. The van der Waals surface area contributed by atoms with Crippen molar-refractivity contribution < 1.29 is 14.3 Å². The van der Waals surface area contributed by atoms with Crippen LogP contribution in [0.2, 0.25) is 5.02 Å². The van der Waals surface area contributed by atoms with E-state index in [2.05, 4.69) is 10.6 Å². The summed E-state index contributed by atoms with van der Waals surface area (Å²) in [4.78, 5) is 25.3. The van der Waals surface area contributed by atoms with Gasteiger partial charge in [-0.3, -0.25) is 9.59 Å². The molecule has 2 aliphatic rings. The fraction of sp³-hybridized carbons (Fsp3) is 0.556. The van der Waals surface area contributed by atoms with Crippen molar-refractivity contribution in [1.29, 1.82) is 0 Å². The van der Waals surface area contributed by atoms with E-state index in [9.17, 15) is 9.59 Å². The van der Waals surface area contributed by atoms with Gasteiger partial charge in [-0.05, 0) is 43.9 Å². The maximum Gasteiger partial charge on any atom is 0.240 e. The Hall–Kier alpha value is -1.75. The number of rotatable bonds is 5. The van der Waals surface area contributed by atoms with Gasteiger partial charge in [0.2, 0.25) is 11.8 Å². The highest BCUT2D eigenvalue weighted by Gasteiger charge is 2.56. The summed E-state index contributed by atoms with van der Waals surface area (Å²) >= 11 is 5.99. The molecule has 0 radical (unpaired) electrons. The van der Waals surface area contributed by atoms with E-state index in [0.29, 0.717) is 29.3 Å². The van der Waals surface area contributed by atoms with Crippen molar-refractivity contribution in [2.45, 2.75) is 51.0 Å². The molecule has 130 valence electrons. The van der Waals surface area contributed by atoms with Crippen molar-refractivity contribution in [2.24, 2.45) is 5.41 Å². The average Bonchev–Trinajstić information content (AvgIpc) is 3.38. The third-order valence-corrected chi connectivity index (χ3v) is 5.20. The van der Waals surface area contributed by atoms with Crippen LogP contribution >= 0.6 is 11.6 Å². The summed E-state index contributed by atoms with van der Waals surface area (Å²) < 4.78 is 5.24. The highest BCUT2D eigenvalue weighted by molar-refractivity contribution is 6.31. The molecule has 5 nitrogen and oxygen atoms in total. The smallest absolute Gasteiger partial charge is 0.240 e. The van der Waals surface area contributed by atoms with Crippen molar-refractivity contribution in [3.8, 4) is 5.75 Å². The Kier molecular flexibility index (Phi) is 4.99. The molecular formula is C18H23ClN2O3. The molecule has 1 aromatic rings. The van der Waals surface area contributed by atoms with Crippen LogP contribution in [0.1, 0.15) is 44.9 Å². The largest absolute Gasteiger partial charge is 0.495 e. The molecule has 6 heteroatoms. The molecule has 2 N–H and O–H groups in total. The van der Waals surface area contributed by atoms with Crippen LogP contribution < -0.4 is 15.4 Å². The normalized spacial score (nSPS) is 19.4. The second kappa shape index (κ2) is 7.01. The number of benzene rings is 1. The fourth-order valence-corrected chi connectivity index (χ4v) is 3.44. The minimum absolute atomic E-state index is 0.145. The molecule has 0 bridgehead atoms. The van der Waals surface area contributed by atoms with Crippen molar-refractivity contribution >= 4 is 29.1 Å². The lowest BCUT2D eigenvalue weighted by Gasteiger charge is -2.25. The Labute approximate surface area is 147 Å².